The van der Waals surface area contributed by atoms with Crippen molar-refractivity contribution in [1.82, 2.24) is 5.32 Å². The minimum atomic E-state index is -0.324. The third-order valence-electron chi connectivity index (χ3n) is 4.58. The molecule has 1 amide bonds. The predicted octanol–water partition coefficient (Wildman–Crippen LogP) is 3.23. The Labute approximate surface area is 155 Å². The largest absolute Gasteiger partial charge is 0.440 e. The van der Waals surface area contributed by atoms with Crippen molar-refractivity contribution in [3.8, 4) is 6.07 Å². The molecule has 0 bridgehead atoms. The van der Waals surface area contributed by atoms with Crippen molar-refractivity contribution in [3.05, 3.63) is 21.9 Å². The van der Waals surface area contributed by atoms with E-state index >= 15 is 0 Å². The van der Waals surface area contributed by atoms with Crippen LogP contribution in [-0.4, -0.2) is 38.3 Å². The Morgan fingerprint density at radius 2 is 2.04 bits per heavy atom. The third kappa shape index (κ3) is 4.65. The van der Waals surface area contributed by atoms with Crippen molar-refractivity contribution in [2.75, 3.05) is 31.2 Å². The first-order valence-corrected chi connectivity index (χ1v) is 9.51. The summed E-state index contributed by atoms with van der Waals surface area (Å²) >= 11 is 3.49. The van der Waals surface area contributed by atoms with Crippen molar-refractivity contribution in [2.24, 2.45) is 0 Å². The van der Waals surface area contributed by atoms with Crippen molar-refractivity contribution < 1.29 is 13.9 Å². The fourth-order valence-electron chi connectivity index (χ4n) is 3.23. The first kappa shape index (κ1) is 18.0. The Morgan fingerprint density at radius 3 is 2.72 bits per heavy atom. The van der Waals surface area contributed by atoms with E-state index in [1.807, 2.05) is 6.07 Å². The molecule has 2 heterocycles. The van der Waals surface area contributed by atoms with Crippen LogP contribution in [0.5, 0.6) is 0 Å². The molecule has 1 aromatic rings. The van der Waals surface area contributed by atoms with E-state index in [0.717, 1.165) is 43.2 Å². The minimum Gasteiger partial charge on any atom is -0.440 e. The standard InChI is InChI=1S/C18H22BrN3O3/c19-16-11-15(25-18(16)22-6-8-24-9-7-22)10-13(12-20)17(23)21-14-4-2-1-3-5-14/h10-11,14H,1-9H2,(H,21,23)/b13-10-. The number of nitriles is 1. The Morgan fingerprint density at radius 1 is 1.32 bits per heavy atom. The SMILES string of the molecule is N#C/C(=C/c1cc(Br)c(N2CCOCC2)o1)C(=O)NC1CCCCC1. The maximum Gasteiger partial charge on any atom is 0.262 e. The molecule has 1 aromatic heterocycles. The quantitative estimate of drug-likeness (QED) is 0.612. The fraction of sp³-hybridized carbons (Fsp3) is 0.556. The molecule has 6 nitrogen and oxygen atoms in total. The second-order valence-electron chi connectivity index (χ2n) is 6.38. The molecule has 2 fully saturated rings. The van der Waals surface area contributed by atoms with Gasteiger partial charge in [0.1, 0.15) is 17.4 Å². The van der Waals surface area contributed by atoms with Crippen LogP contribution in [0.25, 0.3) is 6.08 Å². The van der Waals surface area contributed by atoms with Crippen LogP contribution in [0.15, 0.2) is 20.5 Å². The molecule has 2 aliphatic rings. The maximum atomic E-state index is 12.4. The maximum absolute atomic E-state index is 12.4. The predicted molar refractivity (Wildman–Crippen MR) is 98.0 cm³/mol. The molecule has 7 heteroatoms. The summed E-state index contributed by atoms with van der Waals surface area (Å²) in [5, 5.41) is 12.3. The molecule has 1 saturated carbocycles. The lowest BCUT2D eigenvalue weighted by molar-refractivity contribution is -0.117. The molecule has 134 valence electrons. The summed E-state index contributed by atoms with van der Waals surface area (Å²) < 4.78 is 12.0. The van der Waals surface area contributed by atoms with Crippen LogP contribution < -0.4 is 10.2 Å². The number of amides is 1. The van der Waals surface area contributed by atoms with Gasteiger partial charge in [0, 0.05) is 31.3 Å². The minimum absolute atomic E-state index is 0.0698. The average molecular weight is 408 g/mol. The lowest BCUT2D eigenvalue weighted by atomic mass is 9.95. The smallest absolute Gasteiger partial charge is 0.262 e. The molecule has 1 saturated heterocycles. The molecule has 1 aliphatic heterocycles. The molecule has 25 heavy (non-hydrogen) atoms. The van der Waals surface area contributed by atoms with Crippen molar-refractivity contribution in [2.45, 2.75) is 38.1 Å². The van der Waals surface area contributed by atoms with Crippen LogP contribution in [0, 0.1) is 11.3 Å². The number of ether oxygens (including phenoxy) is 1. The zero-order chi connectivity index (χ0) is 17.6. The zero-order valence-corrected chi connectivity index (χ0v) is 15.7. The Kier molecular flexibility index (Phi) is 6.16. The van der Waals surface area contributed by atoms with Crippen LogP contribution in [0.4, 0.5) is 5.88 Å². The van der Waals surface area contributed by atoms with Gasteiger partial charge in [-0.1, -0.05) is 19.3 Å². The molecule has 1 N–H and O–H groups in total. The summed E-state index contributed by atoms with van der Waals surface area (Å²) in [6, 6.07) is 3.95. The highest BCUT2D eigenvalue weighted by atomic mass is 79.9. The van der Waals surface area contributed by atoms with Gasteiger partial charge in [-0.3, -0.25) is 4.79 Å². The second-order valence-corrected chi connectivity index (χ2v) is 7.23. The van der Waals surface area contributed by atoms with E-state index in [-0.39, 0.29) is 17.5 Å². The van der Waals surface area contributed by atoms with Gasteiger partial charge >= 0.3 is 0 Å². The summed E-state index contributed by atoms with van der Waals surface area (Å²) in [5.41, 5.74) is 0.0698. The average Bonchev–Trinajstić information content (AvgIpc) is 3.01. The number of carbonyl (C=O) groups excluding carboxylic acids is 1. The summed E-state index contributed by atoms with van der Waals surface area (Å²) in [6.45, 7) is 2.82. The molecule has 1 aliphatic carbocycles. The first-order chi connectivity index (χ1) is 12.2. The third-order valence-corrected chi connectivity index (χ3v) is 5.15. The lowest BCUT2D eigenvalue weighted by Crippen LogP contribution is -2.36. The van der Waals surface area contributed by atoms with E-state index < -0.39 is 0 Å². The van der Waals surface area contributed by atoms with E-state index in [1.54, 1.807) is 6.07 Å². The summed E-state index contributed by atoms with van der Waals surface area (Å²) in [5.74, 6) is 0.873. The summed E-state index contributed by atoms with van der Waals surface area (Å²) in [7, 11) is 0. The molecular formula is C18H22BrN3O3. The number of furan rings is 1. The Hall–Kier alpha value is -1.78. The molecule has 3 rings (SSSR count). The summed E-state index contributed by atoms with van der Waals surface area (Å²) in [4.78, 5) is 14.4. The van der Waals surface area contributed by atoms with E-state index in [9.17, 15) is 10.1 Å². The number of anilines is 1. The highest BCUT2D eigenvalue weighted by Crippen LogP contribution is 2.31. The van der Waals surface area contributed by atoms with Gasteiger partial charge in [0.05, 0.1) is 17.7 Å². The molecule has 0 spiro atoms. The highest BCUT2D eigenvalue weighted by Gasteiger charge is 2.21. The molecule has 0 atom stereocenters. The number of hydrogen-bond donors (Lipinski definition) is 1. The van der Waals surface area contributed by atoms with Gasteiger partial charge in [0.2, 0.25) is 5.88 Å². The van der Waals surface area contributed by atoms with Gasteiger partial charge < -0.3 is 19.4 Å². The van der Waals surface area contributed by atoms with Crippen molar-refractivity contribution in [3.63, 3.8) is 0 Å². The van der Waals surface area contributed by atoms with Gasteiger partial charge in [0.25, 0.3) is 5.91 Å². The lowest BCUT2D eigenvalue weighted by Gasteiger charge is -2.26. The van der Waals surface area contributed by atoms with Gasteiger partial charge in [-0.05, 0) is 28.8 Å². The van der Waals surface area contributed by atoms with E-state index in [2.05, 4.69) is 26.1 Å². The topological polar surface area (TPSA) is 78.5 Å². The van der Waals surface area contributed by atoms with Crippen LogP contribution in [0.1, 0.15) is 37.9 Å². The normalized spacial score (nSPS) is 19.5. The van der Waals surface area contributed by atoms with E-state index in [0.29, 0.717) is 24.9 Å². The number of morpholine rings is 1. The van der Waals surface area contributed by atoms with Gasteiger partial charge in [-0.25, -0.2) is 0 Å². The van der Waals surface area contributed by atoms with Gasteiger partial charge in [-0.15, -0.1) is 0 Å². The van der Waals surface area contributed by atoms with Crippen LogP contribution in [0.3, 0.4) is 0 Å². The van der Waals surface area contributed by atoms with Crippen molar-refractivity contribution in [1.29, 1.82) is 5.26 Å². The fourth-order valence-corrected chi connectivity index (χ4v) is 3.79. The number of halogens is 1. The van der Waals surface area contributed by atoms with Crippen LogP contribution >= 0.6 is 15.9 Å². The van der Waals surface area contributed by atoms with Crippen LogP contribution in [0.2, 0.25) is 0 Å². The van der Waals surface area contributed by atoms with Crippen molar-refractivity contribution >= 4 is 33.8 Å². The van der Waals surface area contributed by atoms with E-state index in [1.165, 1.54) is 12.5 Å². The zero-order valence-electron chi connectivity index (χ0n) is 14.1. The Bertz CT molecular complexity index is 680. The van der Waals surface area contributed by atoms with Gasteiger partial charge in [-0.2, -0.15) is 5.26 Å². The van der Waals surface area contributed by atoms with E-state index in [4.69, 9.17) is 9.15 Å². The number of hydrogen-bond acceptors (Lipinski definition) is 5. The molecule has 0 aromatic carbocycles. The monoisotopic (exact) mass is 407 g/mol. The number of carbonyl (C=O) groups is 1. The highest BCUT2D eigenvalue weighted by molar-refractivity contribution is 9.10. The summed E-state index contributed by atoms with van der Waals surface area (Å²) in [6.07, 6.45) is 6.95. The number of nitrogens with zero attached hydrogens (tertiary/aromatic N) is 2. The Balaban J connectivity index is 1.71. The first-order valence-electron chi connectivity index (χ1n) is 8.72. The number of rotatable bonds is 4. The number of nitrogens with one attached hydrogen (secondary N) is 1. The van der Waals surface area contributed by atoms with Crippen LogP contribution in [-0.2, 0) is 9.53 Å². The molecule has 0 radical (unpaired) electrons. The molecule has 0 unspecified atom stereocenters. The van der Waals surface area contributed by atoms with Gasteiger partial charge in [0.15, 0.2) is 0 Å². The molecular weight excluding hydrogens is 386 g/mol. The second kappa shape index (κ2) is 8.54.